The van der Waals surface area contributed by atoms with E-state index in [0.29, 0.717) is 27.6 Å². The monoisotopic (exact) mass is 287 g/mol. The lowest BCUT2D eigenvalue weighted by Crippen LogP contribution is -2.00. The van der Waals surface area contributed by atoms with Gasteiger partial charge in [-0.25, -0.2) is 9.78 Å². The van der Waals surface area contributed by atoms with Crippen LogP contribution in [0.3, 0.4) is 0 Å². The van der Waals surface area contributed by atoms with Crippen molar-refractivity contribution < 1.29 is 13.9 Å². The third kappa shape index (κ3) is 2.26. The first-order valence-electron chi connectivity index (χ1n) is 5.92. The van der Waals surface area contributed by atoms with Crippen LogP contribution in [-0.2, 0) is 4.74 Å². The molecule has 20 heavy (non-hydrogen) atoms. The predicted octanol–water partition coefficient (Wildman–Crippen LogP) is 3.93. The van der Waals surface area contributed by atoms with Crippen molar-refractivity contribution >= 4 is 28.7 Å². The highest BCUT2D eigenvalue weighted by molar-refractivity contribution is 6.30. The summed E-state index contributed by atoms with van der Waals surface area (Å²) >= 11 is 5.85. The summed E-state index contributed by atoms with van der Waals surface area (Å²) in [4.78, 5) is 15.8. The van der Waals surface area contributed by atoms with E-state index >= 15 is 0 Å². The lowest BCUT2D eigenvalue weighted by atomic mass is 10.2. The number of hydrogen-bond donors (Lipinski definition) is 0. The first kappa shape index (κ1) is 12.7. The Morgan fingerprint density at radius 2 is 1.95 bits per heavy atom. The molecule has 100 valence electrons. The number of rotatable bonds is 2. The van der Waals surface area contributed by atoms with Gasteiger partial charge >= 0.3 is 5.97 Å². The van der Waals surface area contributed by atoms with Crippen LogP contribution in [-0.4, -0.2) is 18.1 Å². The molecule has 0 bridgehead atoms. The fraction of sp³-hybridized carbons (Fsp3) is 0.0667. The van der Waals surface area contributed by atoms with Crippen LogP contribution in [0.15, 0.2) is 46.9 Å². The zero-order chi connectivity index (χ0) is 14.1. The van der Waals surface area contributed by atoms with Gasteiger partial charge in [-0.2, -0.15) is 0 Å². The summed E-state index contributed by atoms with van der Waals surface area (Å²) in [6.07, 6.45) is 0. The Labute approximate surface area is 119 Å². The van der Waals surface area contributed by atoms with Crippen molar-refractivity contribution in [1.82, 2.24) is 4.98 Å². The number of aromatic nitrogens is 1. The molecule has 0 aliphatic heterocycles. The number of halogens is 1. The average Bonchev–Trinajstić information content (AvgIpc) is 2.90. The molecular formula is C15H10ClNO3. The van der Waals surface area contributed by atoms with Crippen molar-refractivity contribution in [3.63, 3.8) is 0 Å². The summed E-state index contributed by atoms with van der Waals surface area (Å²) < 4.78 is 10.3. The lowest BCUT2D eigenvalue weighted by molar-refractivity contribution is 0.0601. The van der Waals surface area contributed by atoms with Crippen LogP contribution >= 0.6 is 11.6 Å². The quantitative estimate of drug-likeness (QED) is 0.670. The summed E-state index contributed by atoms with van der Waals surface area (Å²) in [5.41, 5.74) is 2.48. The van der Waals surface area contributed by atoms with Crippen LogP contribution in [0.2, 0.25) is 5.02 Å². The molecule has 0 spiro atoms. The average molecular weight is 288 g/mol. The molecule has 0 N–H and O–H groups in total. The van der Waals surface area contributed by atoms with E-state index in [9.17, 15) is 4.79 Å². The number of nitrogens with zero attached hydrogens (tertiary/aromatic N) is 1. The number of ether oxygens (including phenoxy) is 1. The number of oxazole rings is 1. The molecule has 1 aromatic heterocycles. The first-order valence-corrected chi connectivity index (χ1v) is 6.30. The first-order chi connectivity index (χ1) is 9.67. The van der Waals surface area contributed by atoms with E-state index in [4.69, 9.17) is 16.0 Å². The zero-order valence-corrected chi connectivity index (χ0v) is 11.3. The van der Waals surface area contributed by atoms with Gasteiger partial charge in [0.15, 0.2) is 5.58 Å². The van der Waals surface area contributed by atoms with Crippen molar-refractivity contribution in [2.24, 2.45) is 0 Å². The van der Waals surface area contributed by atoms with E-state index in [0.717, 1.165) is 5.56 Å². The van der Waals surface area contributed by atoms with Crippen molar-refractivity contribution in [3.8, 4) is 11.5 Å². The van der Waals surface area contributed by atoms with E-state index < -0.39 is 5.97 Å². The molecular weight excluding hydrogens is 278 g/mol. The van der Waals surface area contributed by atoms with Gasteiger partial charge in [-0.15, -0.1) is 0 Å². The highest BCUT2D eigenvalue weighted by atomic mass is 35.5. The molecule has 0 atom stereocenters. The van der Waals surface area contributed by atoms with E-state index in [1.165, 1.54) is 7.11 Å². The molecule has 2 aromatic carbocycles. The molecule has 5 heteroatoms. The minimum absolute atomic E-state index is 0.406. The number of carbonyl (C=O) groups excluding carboxylic acids is 1. The second-order valence-corrected chi connectivity index (χ2v) is 4.64. The van der Waals surface area contributed by atoms with Gasteiger partial charge < -0.3 is 9.15 Å². The minimum atomic E-state index is -0.406. The number of benzene rings is 2. The number of carbonyl (C=O) groups is 1. The highest BCUT2D eigenvalue weighted by Crippen LogP contribution is 2.26. The molecule has 3 aromatic rings. The Morgan fingerprint density at radius 1 is 1.20 bits per heavy atom. The predicted molar refractivity (Wildman–Crippen MR) is 75.8 cm³/mol. The highest BCUT2D eigenvalue weighted by Gasteiger charge is 2.11. The van der Waals surface area contributed by atoms with Gasteiger partial charge in [0, 0.05) is 10.6 Å². The van der Waals surface area contributed by atoms with Crippen molar-refractivity contribution in [2.75, 3.05) is 7.11 Å². The molecule has 3 rings (SSSR count). The molecule has 0 radical (unpaired) electrons. The lowest BCUT2D eigenvalue weighted by Gasteiger charge is -1.96. The summed E-state index contributed by atoms with van der Waals surface area (Å²) in [6, 6.07) is 12.2. The van der Waals surface area contributed by atoms with E-state index in [-0.39, 0.29) is 0 Å². The third-order valence-corrected chi connectivity index (χ3v) is 3.15. The number of esters is 1. The normalized spacial score (nSPS) is 10.7. The SMILES string of the molecule is COC(=O)c1ccc2nc(-c3ccc(Cl)cc3)oc2c1. The minimum Gasteiger partial charge on any atom is -0.465 e. The van der Waals surface area contributed by atoms with Gasteiger partial charge in [0.25, 0.3) is 0 Å². The Bertz CT molecular complexity index is 777. The van der Waals surface area contributed by atoms with E-state index in [1.807, 2.05) is 12.1 Å². The maximum Gasteiger partial charge on any atom is 0.337 e. The fourth-order valence-electron chi connectivity index (χ4n) is 1.89. The zero-order valence-electron chi connectivity index (χ0n) is 10.6. The Balaban J connectivity index is 2.06. The van der Waals surface area contributed by atoms with Crippen LogP contribution in [0.5, 0.6) is 0 Å². The van der Waals surface area contributed by atoms with Gasteiger partial charge in [-0.3, -0.25) is 0 Å². The molecule has 0 unspecified atom stereocenters. The topological polar surface area (TPSA) is 52.3 Å². The van der Waals surface area contributed by atoms with Crippen LogP contribution in [0.25, 0.3) is 22.6 Å². The maximum absolute atomic E-state index is 11.5. The molecule has 1 heterocycles. The summed E-state index contributed by atoms with van der Waals surface area (Å²) in [6.45, 7) is 0. The maximum atomic E-state index is 11.5. The summed E-state index contributed by atoms with van der Waals surface area (Å²) in [5, 5.41) is 0.651. The molecule has 0 saturated heterocycles. The Morgan fingerprint density at radius 3 is 2.65 bits per heavy atom. The standard InChI is InChI=1S/C15H10ClNO3/c1-19-15(18)10-4-7-12-13(8-10)20-14(17-12)9-2-5-11(16)6-3-9/h2-8H,1H3. The fourth-order valence-corrected chi connectivity index (χ4v) is 2.01. The summed E-state index contributed by atoms with van der Waals surface area (Å²) in [7, 11) is 1.34. The molecule has 0 aliphatic carbocycles. The molecule has 0 amide bonds. The van der Waals surface area contributed by atoms with Gasteiger partial charge in [0.05, 0.1) is 12.7 Å². The van der Waals surface area contributed by atoms with Crippen LogP contribution < -0.4 is 0 Å². The largest absolute Gasteiger partial charge is 0.465 e. The van der Waals surface area contributed by atoms with Crippen LogP contribution in [0.4, 0.5) is 0 Å². The van der Waals surface area contributed by atoms with Crippen LogP contribution in [0.1, 0.15) is 10.4 Å². The summed E-state index contributed by atoms with van der Waals surface area (Å²) in [5.74, 6) is 0.0787. The second-order valence-electron chi connectivity index (χ2n) is 4.20. The van der Waals surface area contributed by atoms with Gasteiger partial charge in [-0.05, 0) is 42.5 Å². The molecule has 0 aliphatic rings. The van der Waals surface area contributed by atoms with Crippen LogP contribution in [0, 0.1) is 0 Å². The van der Waals surface area contributed by atoms with Gasteiger partial charge in [0.2, 0.25) is 5.89 Å². The van der Waals surface area contributed by atoms with Gasteiger partial charge in [0.1, 0.15) is 5.52 Å². The Hall–Kier alpha value is -2.33. The third-order valence-electron chi connectivity index (χ3n) is 2.90. The van der Waals surface area contributed by atoms with Gasteiger partial charge in [-0.1, -0.05) is 11.6 Å². The molecule has 4 nitrogen and oxygen atoms in total. The Kier molecular flexibility index (Phi) is 3.16. The number of fused-ring (bicyclic) bond motifs is 1. The number of methoxy groups -OCH3 is 1. The smallest absolute Gasteiger partial charge is 0.337 e. The molecule has 0 fully saturated rings. The van der Waals surface area contributed by atoms with E-state index in [1.54, 1.807) is 30.3 Å². The van der Waals surface area contributed by atoms with E-state index in [2.05, 4.69) is 9.72 Å². The second kappa shape index (κ2) is 4.98. The van der Waals surface area contributed by atoms with Crippen molar-refractivity contribution in [1.29, 1.82) is 0 Å². The molecule has 0 saturated carbocycles. The number of hydrogen-bond acceptors (Lipinski definition) is 4. The van der Waals surface area contributed by atoms with Crippen molar-refractivity contribution in [3.05, 3.63) is 53.1 Å². The van der Waals surface area contributed by atoms with Crippen molar-refractivity contribution in [2.45, 2.75) is 0 Å².